The van der Waals surface area contributed by atoms with Crippen LogP contribution in [0.5, 0.6) is 0 Å². The van der Waals surface area contributed by atoms with E-state index in [2.05, 4.69) is 4.84 Å². The fourth-order valence-electron chi connectivity index (χ4n) is 2.37. The fraction of sp³-hybridized carbons (Fsp3) is 0.389. The fourth-order valence-corrected chi connectivity index (χ4v) is 2.37. The van der Waals surface area contributed by atoms with Gasteiger partial charge in [-0.3, -0.25) is 14.8 Å². The van der Waals surface area contributed by atoms with E-state index >= 15 is 0 Å². The Morgan fingerprint density at radius 1 is 1.14 bits per heavy atom. The summed E-state index contributed by atoms with van der Waals surface area (Å²) >= 11 is 0. The van der Waals surface area contributed by atoms with Crippen molar-refractivity contribution >= 4 is 23.9 Å². The van der Waals surface area contributed by atoms with E-state index in [4.69, 9.17) is 10.3 Å². The molecule has 0 unspecified atom stereocenters. The highest BCUT2D eigenvalue weighted by Crippen LogP contribution is 2.24. The van der Waals surface area contributed by atoms with Crippen molar-refractivity contribution in [1.82, 2.24) is 11.0 Å². The van der Waals surface area contributed by atoms with Crippen LogP contribution in [0.1, 0.15) is 36.8 Å². The summed E-state index contributed by atoms with van der Waals surface area (Å²) in [6.07, 6.45) is 1.48. The van der Waals surface area contributed by atoms with E-state index in [9.17, 15) is 27.6 Å². The number of rotatable bonds is 6. The summed E-state index contributed by atoms with van der Waals surface area (Å²) in [5.41, 5.74) is 4.52. The summed E-state index contributed by atoms with van der Waals surface area (Å²) in [6, 6.07) is 6.30. The Hall–Kier alpha value is -2.92. The number of hydroxylamine groups is 2. The molecule has 11 heteroatoms. The lowest BCUT2D eigenvalue weighted by atomic mass is 10.1. The number of carboxylic acids is 1. The Bertz CT molecular complexity index is 713. The first-order valence-electron chi connectivity index (χ1n) is 8.58. The first-order valence-corrected chi connectivity index (χ1v) is 8.58. The topological polar surface area (TPSA) is 125 Å². The van der Waals surface area contributed by atoms with Gasteiger partial charge in [-0.15, -0.1) is 5.48 Å². The van der Waals surface area contributed by atoms with E-state index in [1.54, 1.807) is 24.3 Å². The molecule has 0 aromatic heterocycles. The van der Waals surface area contributed by atoms with Gasteiger partial charge in [0.25, 0.3) is 5.91 Å². The van der Waals surface area contributed by atoms with E-state index < -0.39 is 24.0 Å². The van der Waals surface area contributed by atoms with Gasteiger partial charge in [0.05, 0.1) is 12.5 Å². The summed E-state index contributed by atoms with van der Waals surface area (Å²) in [6.45, 7) is -0.108. The SMILES string of the molecule is O=C(/C=C/c1ccc(CNOC(=O)C(F)(F)F)cc1)NO.O=C(O)C1CCCC1. The molecule has 1 aromatic carbocycles. The van der Waals surface area contributed by atoms with Crippen molar-refractivity contribution in [2.45, 2.75) is 38.4 Å². The number of carboxylic acid groups (broad SMARTS) is 1. The highest BCUT2D eigenvalue weighted by molar-refractivity contribution is 5.90. The molecule has 2 rings (SSSR count). The van der Waals surface area contributed by atoms with E-state index in [1.807, 2.05) is 5.48 Å². The Kier molecular flexibility index (Phi) is 9.83. The molecular weight excluding hydrogens is 397 g/mol. The largest absolute Gasteiger partial charge is 0.492 e. The number of aliphatic carboxylic acids is 1. The third-order valence-electron chi connectivity index (χ3n) is 3.89. The van der Waals surface area contributed by atoms with Gasteiger partial charge in [-0.2, -0.15) is 13.2 Å². The number of carbonyl (C=O) groups is 3. The molecule has 1 aliphatic carbocycles. The van der Waals surface area contributed by atoms with E-state index in [-0.39, 0.29) is 12.5 Å². The number of hydrogen-bond acceptors (Lipinski definition) is 6. The number of benzene rings is 1. The van der Waals surface area contributed by atoms with Crippen LogP contribution in [0.25, 0.3) is 6.08 Å². The minimum atomic E-state index is -5.05. The molecule has 1 aromatic rings. The minimum absolute atomic E-state index is 0.0185. The molecule has 1 saturated carbocycles. The predicted molar refractivity (Wildman–Crippen MR) is 94.0 cm³/mol. The summed E-state index contributed by atoms with van der Waals surface area (Å²) < 4.78 is 35.5. The van der Waals surface area contributed by atoms with Crippen LogP contribution < -0.4 is 11.0 Å². The average Bonchev–Trinajstić information content (AvgIpc) is 3.22. The molecule has 0 saturated heterocycles. The van der Waals surface area contributed by atoms with Crippen LogP contribution in [-0.2, 0) is 25.8 Å². The number of carbonyl (C=O) groups excluding carboxylic acids is 2. The predicted octanol–water partition coefficient (Wildman–Crippen LogP) is 2.58. The molecule has 29 heavy (non-hydrogen) atoms. The lowest BCUT2D eigenvalue weighted by molar-refractivity contribution is -0.207. The van der Waals surface area contributed by atoms with Gasteiger partial charge in [0.1, 0.15) is 0 Å². The van der Waals surface area contributed by atoms with Crippen LogP contribution in [0.15, 0.2) is 30.3 Å². The van der Waals surface area contributed by atoms with Gasteiger partial charge in [-0.1, -0.05) is 37.1 Å². The monoisotopic (exact) mass is 418 g/mol. The van der Waals surface area contributed by atoms with Crippen molar-refractivity contribution in [1.29, 1.82) is 0 Å². The lowest BCUT2D eigenvalue weighted by Crippen LogP contribution is -2.31. The van der Waals surface area contributed by atoms with E-state index in [1.165, 1.54) is 11.6 Å². The maximum atomic E-state index is 11.8. The molecule has 1 aliphatic rings. The van der Waals surface area contributed by atoms with Gasteiger partial charge in [-0.25, -0.2) is 10.3 Å². The molecule has 0 atom stereocenters. The normalized spacial score (nSPS) is 14.2. The molecule has 0 bridgehead atoms. The van der Waals surface area contributed by atoms with Gasteiger partial charge in [0.2, 0.25) is 0 Å². The zero-order chi connectivity index (χ0) is 21.9. The molecular formula is C18H21F3N2O6. The molecule has 0 radical (unpaired) electrons. The van der Waals surface area contributed by atoms with Crippen LogP contribution in [0.4, 0.5) is 13.2 Å². The second-order valence-electron chi connectivity index (χ2n) is 6.08. The second-order valence-corrected chi connectivity index (χ2v) is 6.08. The van der Waals surface area contributed by atoms with Crippen molar-refractivity contribution in [2.24, 2.45) is 5.92 Å². The Labute approximate surface area is 164 Å². The molecule has 0 heterocycles. The zero-order valence-electron chi connectivity index (χ0n) is 15.2. The maximum absolute atomic E-state index is 11.8. The molecule has 160 valence electrons. The quantitative estimate of drug-likeness (QED) is 0.318. The van der Waals surface area contributed by atoms with Crippen LogP contribution >= 0.6 is 0 Å². The number of amides is 1. The third-order valence-corrected chi connectivity index (χ3v) is 3.89. The summed E-state index contributed by atoms with van der Waals surface area (Å²) in [5, 5.41) is 16.7. The highest BCUT2D eigenvalue weighted by atomic mass is 19.4. The number of nitrogens with one attached hydrogen (secondary N) is 2. The van der Waals surface area contributed by atoms with Gasteiger partial charge in [-0.05, 0) is 30.0 Å². The van der Waals surface area contributed by atoms with Crippen LogP contribution in [-0.4, -0.2) is 34.3 Å². The number of halogens is 3. The van der Waals surface area contributed by atoms with Crippen LogP contribution in [0, 0.1) is 5.92 Å². The maximum Gasteiger partial charge on any atom is 0.492 e. The van der Waals surface area contributed by atoms with Crippen LogP contribution in [0.2, 0.25) is 0 Å². The van der Waals surface area contributed by atoms with Gasteiger partial charge in [0.15, 0.2) is 0 Å². The molecule has 1 fully saturated rings. The molecule has 0 spiro atoms. The van der Waals surface area contributed by atoms with E-state index in [0.29, 0.717) is 11.1 Å². The van der Waals surface area contributed by atoms with Gasteiger partial charge < -0.3 is 9.94 Å². The lowest BCUT2D eigenvalue weighted by Gasteiger charge is -2.07. The van der Waals surface area contributed by atoms with Crippen molar-refractivity contribution < 1.29 is 42.7 Å². The molecule has 0 aliphatic heterocycles. The van der Waals surface area contributed by atoms with Gasteiger partial charge in [0, 0.05) is 6.08 Å². The summed E-state index contributed by atoms with van der Waals surface area (Å²) in [7, 11) is 0. The summed E-state index contributed by atoms with van der Waals surface area (Å²) in [5.74, 6) is -3.64. The first kappa shape index (κ1) is 24.1. The van der Waals surface area contributed by atoms with Crippen LogP contribution in [0.3, 0.4) is 0 Å². The summed E-state index contributed by atoms with van der Waals surface area (Å²) in [4.78, 5) is 35.2. The van der Waals surface area contributed by atoms with Crippen molar-refractivity contribution in [3.05, 3.63) is 41.5 Å². The highest BCUT2D eigenvalue weighted by Gasteiger charge is 2.41. The van der Waals surface area contributed by atoms with Crippen molar-refractivity contribution in [2.75, 3.05) is 0 Å². The Morgan fingerprint density at radius 3 is 2.17 bits per heavy atom. The third kappa shape index (κ3) is 9.72. The Morgan fingerprint density at radius 2 is 1.72 bits per heavy atom. The minimum Gasteiger partial charge on any atom is -0.481 e. The number of hydrogen-bond donors (Lipinski definition) is 4. The second kappa shape index (κ2) is 11.8. The smallest absolute Gasteiger partial charge is 0.481 e. The molecule has 1 amide bonds. The van der Waals surface area contributed by atoms with Crippen molar-refractivity contribution in [3.63, 3.8) is 0 Å². The van der Waals surface area contributed by atoms with E-state index in [0.717, 1.165) is 31.8 Å². The standard InChI is InChI=1S/C12H11F3N2O4.C6H10O2/c13-12(14,15)11(19)21-16-7-9-3-1-8(2-4-9)5-6-10(18)17-20;7-6(8)5-3-1-2-4-5/h1-6,16,20H,7H2,(H,17,18);5H,1-4H2,(H,7,8)/b6-5+;. The first-order chi connectivity index (χ1) is 13.6. The zero-order valence-corrected chi connectivity index (χ0v) is 15.2. The van der Waals surface area contributed by atoms with Crippen molar-refractivity contribution in [3.8, 4) is 0 Å². The average molecular weight is 418 g/mol. The number of alkyl halides is 3. The molecule has 8 nitrogen and oxygen atoms in total. The molecule has 4 N–H and O–H groups in total. The van der Waals surface area contributed by atoms with Gasteiger partial charge >= 0.3 is 18.1 Å². The Balaban J connectivity index is 0.000000436.